The van der Waals surface area contributed by atoms with Crippen molar-refractivity contribution in [3.63, 3.8) is 0 Å². The maximum Gasteiger partial charge on any atom is 0.416 e. The zero-order chi connectivity index (χ0) is 21.7. The number of aliphatic hydroxyl groups is 1. The van der Waals surface area contributed by atoms with Crippen molar-refractivity contribution in [3.05, 3.63) is 53.5 Å². The number of halogens is 3. The maximum atomic E-state index is 13.5. The first-order valence-electron chi connectivity index (χ1n) is 9.99. The number of aromatic nitrogens is 3. The van der Waals surface area contributed by atoms with Crippen LogP contribution >= 0.6 is 0 Å². The average molecular weight is 418 g/mol. The molecular weight excluding hydrogens is 393 g/mol. The lowest BCUT2D eigenvalue weighted by molar-refractivity contribution is -0.138. The highest BCUT2D eigenvalue weighted by molar-refractivity contribution is 5.88. The number of aliphatic hydroxyl groups excluding tert-OH is 1. The second-order valence-corrected chi connectivity index (χ2v) is 8.85. The SMILES string of the molecule is CC(C)(C)c1nc(N2CCC(O)C2)c2ccn(Cc3ccccc3C(F)(F)F)c2n1. The van der Waals surface area contributed by atoms with Crippen molar-refractivity contribution >= 4 is 16.9 Å². The fourth-order valence-electron chi connectivity index (χ4n) is 3.81. The molecule has 1 fully saturated rings. The fourth-order valence-corrected chi connectivity index (χ4v) is 3.81. The third-order valence-electron chi connectivity index (χ3n) is 5.40. The summed E-state index contributed by atoms with van der Waals surface area (Å²) in [5.74, 6) is 1.35. The zero-order valence-electron chi connectivity index (χ0n) is 17.2. The molecule has 1 aliphatic heterocycles. The quantitative estimate of drug-likeness (QED) is 0.687. The van der Waals surface area contributed by atoms with E-state index in [0.717, 1.165) is 17.3 Å². The summed E-state index contributed by atoms with van der Waals surface area (Å²) in [4.78, 5) is 11.5. The van der Waals surface area contributed by atoms with Gasteiger partial charge in [0.15, 0.2) is 0 Å². The molecule has 1 N–H and O–H groups in total. The van der Waals surface area contributed by atoms with E-state index in [1.165, 1.54) is 12.1 Å². The molecule has 1 aromatic carbocycles. The van der Waals surface area contributed by atoms with Crippen molar-refractivity contribution in [1.29, 1.82) is 0 Å². The van der Waals surface area contributed by atoms with Gasteiger partial charge in [-0.15, -0.1) is 0 Å². The second-order valence-electron chi connectivity index (χ2n) is 8.85. The molecule has 3 heterocycles. The number of β-amino-alcohol motifs (C(OH)–C–C–N with tert-alkyl or cyclic N) is 1. The van der Waals surface area contributed by atoms with Crippen molar-refractivity contribution in [3.8, 4) is 0 Å². The largest absolute Gasteiger partial charge is 0.416 e. The topological polar surface area (TPSA) is 54.2 Å². The van der Waals surface area contributed by atoms with Crippen molar-refractivity contribution in [2.24, 2.45) is 0 Å². The molecule has 3 aromatic rings. The number of nitrogens with zero attached hydrogens (tertiary/aromatic N) is 4. The lowest BCUT2D eigenvalue weighted by Gasteiger charge is -2.23. The van der Waals surface area contributed by atoms with Crippen LogP contribution in [0.5, 0.6) is 0 Å². The first kappa shape index (κ1) is 20.7. The highest BCUT2D eigenvalue weighted by atomic mass is 19.4. The summed E-state index contributed by atoms with van der Waals surface area (Å²) in [6.45, 7) is 7.23. The van der Waals surface area contributed by atoms with Gasteiger partial charge in [0, 0.05) is 31.2 Å². The summed E-state index contributed by atoms with van der Waals surface area (Å²) < 4.78 is 42.1. The minimum atomic E-state index is -4.41. The Hall–Kier alpha value is -2.61. The monoisotopic (exact) mass is 418 g/mol. The lowest BCUT2D eigenvalue weighted by atomic mass is 9.95. The highest BCUT2D eigenvalue weighted by Gasteiger charge is 2.33. The average Bonchev–Trinajstić information content (AvgIpc) is 3.26. The Bertz CT molecular complexity index is 1070. The number of rotatable bonds is 3. The Morgan fingerprint density at radius 2 is 1.83 bits per heavy atom. The summed E-state index contributed by atoms with van der Waals surface area (Å²) in [6.07, 6.45) is -2.40. The van der Waals surface area contributed by atoms with Gasteiger partial charge < -0.3 is 14.6 Å². The van der Waals surface area contributed by atoms with Gasteiger partial charge >= 0.3 is 6.18 Å². The molecular formula is C22H25F3N4O. The predicted molar refractivity (Wildman–Crippen MR) is 110 cm³/mol. The van der Waals surface area contributed by atoms with Gasteiger partial charge in [-0.2, -0.15) is 13.2 Å². The fraction of sp³-hybridized carbons (Fsp3) is 0.455. The van der Waals surface area contributed by atoms with Crippen molar-refractivity contribution in [1.82, 2.24) is 14.5 Å². The van der Waals surface area contributed by atoms with E-state index in [4.69, 9.17) is 9.97 Å². The van der Waals surface area contributed by atoms with E-state index in [1.807, 2.05) is 31.7 Å². The van der Waals surface area contributed by atoms with E-state index in [0.29, 0.717) is 31.0 Å². The summed E-state index contributed by atoms with van der Waals surface area (Å²) in [7, 11) is 0. The van der Waals surface area contributed by atoms with Crippen LogP contribution in [-0.2, 0) is 18.1 Å². The van der Waals surface area contributed by atoms with E-state index >= 15 is 0 Å². The Kier molecular flexibility index (Phi) is 5.00. The molecule has 1 saturated heterocycles. The van der Waals surface area contributed by atoms with E-state index < -0.39 is 17.8 Å². The molecule has 0 bridgehead atoms. The molecule has 0 aliphatic carbocycles. The van der Waals surface area contributed by atoms with Gasteiger partial charge in [0.25, 0.3) is 0 Å². The molecule has 30 heavy (non-hydrogen) atoms. The number of alkyl halides is 3. The number of anilines is 1. The Morgan fingerprint density at radius 1 is 1.10 bits per heavy atom. The molecule has 0 saturated carbocycles. The summed E-state index contributed by atoms with van der Waals surface area (Å²) >= 11 is 0. The van der Waals surface area contributed by atoms with Crippen LogP contribution in [0.15, 0.2) is 36.5 Å². The predicted octanol–water partition coefficient (Wildman–Crippen LogP) is 4.37. The van der Waals surface area contributed by atoms with Crippen LogP contribution in [0.2, 0.25) is 0 Å². The molecule has 0 radical (unpaired) electrons. The van der Waals surface area contributed by atoms with E-state index in [2.05, 4.69) is 0 Å². The number of hydrogen-bond acceptors (Lipinski definition) is 4. The number of benzene rings is 1. The Labute approximate surface area is 173 Å². The molecule has 2 aromatic heterocycles. The van der Waals surface area contributed by atoms with Gasteiger partial charge in [0.1, 0.15) is 17.3 Å². The second kappa shape index (κ2) is 7.27. The van der Waals surface area contributed by atoms with Crippen LogP contribution in [0.25, 0.3) is 11.0 Å². The molecule has 1 aliphatic rings. The first-order valence-corrected chi connectivity index (χ1v) is 9.99. The highest BCUT2D eigenvalue weighted by Crippen LogP contribution is 2.34. The maximum absolute atomic E-state index is 13.5. The minimum Gasteiger partial charge on any atom is -0.391 e. The smallest absolute Gasteiger partial charge is 0.391 e. The van der Waals surface area contributed by atoms with Gasteiger partial charge in [-0.05, 0) is 24.1 Å². The summed E-state index contributed by atoms with van der Waals surface area (Å²) in [5.41, 5.74) is -0.181. The van der Waals surface area contributed by atoms with Crippen LogP contribution in [0.3, 0.4) is 0 Å². The van der Waals surface area contributed by atoms with Crippen molar-refractivity contribution in [2.75, 3.05) is 18.0 Å². The summed E-state index contributed by atoms with van der Waals surface area (Å²) in [5, 5.41) is 10.8. The molecule has 0 spiro atoms. The third-order valence-corrected chi connectivity index (χ3v) is 5.40. The van der Waals surface area contributed by atoms with Gasteiger partial charge in [-0.25, -0.2) is 9.97 Å². The van der Waals surface area contributed by atoms with E-state index in [9.17, 15) is 18.3 Å². The van der Waals surface area contributed by atoms with Crippen molar-refractivity contribution in [2.45, 2.75) is 51.4 Å². The van der Waals surface area contributed by atoms with E-state index in [-0.39, 0.29) is 17.5 Å². The molecule has 160 valence electrons. The minimum absolute atomic E-state index is 0.0574. The molecule has 8 heteroatoms. The zero-order valence-corrected chi connectivity index (χ0v) is 17.2. The molecule has 5 nitrogen and oxygen atoms in total. The van der Waals surface area contributed by atoms with Crippen LogP contribution in [0.1, 0.15) is 44.1 Å². The molecule has 4 rings (SSSR count). The van der Waals surface area contributed by atoms with Crippen LogP contribution in [-0.4, -0.2) is 38.8 Å². The molecule has 0 amide bonds. The number of hydrogen-bond donors (Lipinski definition) is 1. The molecule has 1 unspecified atom stereocenters. The normalized spacial score (nSPS) is 17.8. The van der Waals surface area contributed by atoms with Gasteiger partial charge in [-0.3, -0.25) is 0 Å². The third kappa shape index (κ3) is 3.88. The lowest BCUT2D eigenvalue weighted by Crippen LogP contribution is -2.25. The summed E-state index contributed by atoms with van der Waals surface area (Å²) in [6, 6.07) is 7.46. The molecule has 1 atom stereocenters. The van der Waals surface area contributed by atoms with Gasteiger partial charge in [0.2, 0.25) is 0 Å². The Morgan fingerprint density at radius 3 is 2.47 bits per heavy atom. The van der Waals surface area contributed by atoms with Gasteiger partial charge in [-0.1, -0.05) is 39.0 Å². The van der Waals surface area contributed by atoms with Crippen LogP contribution in [0.4, 0.5) is 19.0 Å². The standard InChI is InChI=1S/C22H25F3N4O/c1-21(2,3)20-26-18-16(19(27-20)29-10-8-15(30)13-29)9-11-28(18)12-14-6-4-5-7-17(14)22(23,24)25/h4-7,9,11,15,30H,8,10,12-13H2,1-3H3. The number of fused-ring (bicyclic) bond motifs is 1. The van der Waals surface area contributed by atoms with Gasteiger partial charge in [0.05, 0.1) is 17.1 Å². The van der Waals surface area contributed by atoms with Crippen LogP contribution < -0.4 is 4.90 Å². The van der Waals surface area contributed by atoms with E-state index in [1.54, 1.807) is 16.8 Å². The van der Waals surface area contributed by atoms with Crippen molar-refractivity contribution < 1.29 is 18.3 Å². The first-order chi connectivity index (χ1) is 14.0. The Balaban J connectivity index is 1.83. The van der Waals surface area contributed by atoms with Crippen LogP contribution in [0, 0.1) is 0 Å².